The van der Waals surface area contributed by atoms with Crippen LogP contribution in [0.3, 0.4) is 0 Å². The van der Waals surface area contributed by atoms with Crippen molar-refractivity contribution in [2.24, 2.45) is 11.8 Å². The van der Waals surface area contributed by atoms with Crippen LogP contribution in [0.1, 0.15) is 52.5 Å². The third-order valence-electron chi connectivity index (χ3n) is 5.99. The third-order valence-corrected chi connectivity index (χ3v) is 5.99. The Hall–Kier alpha value is -1.35. The molecule has 5 unspecified atom stereocenters. The second-order valence-corrected chi connectivity index (χ2v) is 7.65. The van der Waals surface area contributed by atoms with E-state index in [1.54, 1.807) is 0 Å². The Morgan fingerprint density at radius 1 is 1.22 bits per heavy atom. The SMILES string of the molecule is CC(NC1CCCC(C)C1C)C(=O)N1c2ccccc2CC1C. The summed E-state index contributed by atoms with van der Waals surface area (Å²) in [5.41, 5.74) is 2.39. The van der Waals surface area contributed by atoms with Crippen LogP contribution < -0.4 is 10.2 Å². The lowest BCUT2D eigenvalue weighted by Gasteiger charge is -2.37. The predicted molar refractivity (Wildman–Crippen MR) is 95.7 cm³/mol. The average Bonchev–Trinajstić information content (AvgIpc) is 2.86. The molecule has 2 aliphatic rings. The Kier molecular flexibility index (Phi) is 4.77. The molecule has 1 N–H and O–H groups in total. The first kappa shape index (κ1) is 16.5. The Morgan fingerprint density at radius 2 is 1.96 bits per heavy atom. The van der Waals surface area contributed by atoms with Gasteiger partial charge in [-0.25, -0.2) is 0 Å². The number of amides is 1. The summed E-state index contributed by atoms with van der Waals surface area (Å²) in [6, 6.07) is 8.91. The van der Waals surface area contributed by atoms with Crippen molar-refractivity contribution >= 4 is 11.6 Å². The molecule has 3 nitrogen and oxygen atoms in total. The summed E-state index contributed by atoms with van der Waals surface area (Å²) in [6.45, 7) is 8.84. The Balaban J connectivity index is 1.70. The molecule has 1 fully saturated rings. The van der Waals surface area contributed by atoms with Gasteiger partial charge in [0.25, 0.3) is 0 Å². The summed E-state index contributed by atoms with van der Waals surface area (Å²) >= 11 is 0. The first-order chi connectivity index (χ1) is 11.0. The van der Waals surface area contributed by atoms with Gasteiger partial charge in [0.15, 0.2) is 0 Å². The highest BCUT2D eigenvalue weighted by molar-refractivity contribution is 5.99. The quantitative estimate of drug-likeness (QED) is 0.921. The molecule has 0 bridgehead atoms. The number of hydrogen-bond donors (Lipinski definition) is 1. The summed E-state index contributed by atoms with van der Waals surface area (Å²) in [5.74, 6) is 1.60. The van der Waals surface area contributed by atoms with Crippen molar-refractivity contribution in [3.05, 3.63) is 29.8 Å². The number of anilines is 1. The number of fused-ring (bicyclic) bond motifs is 1. The number of rotatable bonds is 3. The molecule has 1 aromatic carbocycles. The average molecular weight is 314 g/mol. The summed E-state index contributed by atoms with van der Waals surface area (Å²) in [7, 11) is 0. The highest BCUT2D eigenvalue weighted by Crippen LogP contribution is 2.33. The van der Waals surface area contributed by atoms with E-state index in [2.05, 4.69) is 44.3 Å². The maximum absolute atomic E-state index is 13.0. The maximum atomic E-state index is 13.0. The fraction of sp³-hybridized carbons (Fsp3) is 0.650. The van der Waals surface area contributed by atoms with Crippen molar-refractivity contribution in [2.45, 2.75) is 71.5 Å². The number of carbonyl (C=O) groups is 1. The van der Waals surface area contributed by atoms with E-state index >= 15 is 0 Å². The Morgan fingerprint density at radius 3 is 2.74 bits per heavy atom. The van der Waals surface area contributed by atoms with Gasteiger partial charge >= 0.3 is 0 Å². The number of hydrogen-bond acceptors (Lipinski definition) is 2. The van der Waals surface area contributed by atoms with E-state index in [9.17, 15) is 4.79 Å². The van der Waals surface area contributed by atoms with Crippen LogP contribution in [-0.2, 0) is 11.2 Å². The molecule has 126 valence electrons. The minimum Gasteiger partial charge on any atom is -0.308 e. The van der Waals surface area contributed by atoms with E-state index in [0.717, 1.165) is 18.0 Å². The topological polar surface area (TPSA) is 32.3 Å². The molecule has 3 heteroatoms. The van der Waals surface area contributed by atoms with E-state index in [4.69, 9.17) is 0 Å². The fourth-order valence-electron chi connectivity index (χ4n) is 4.32. The molecule has 0 aromatic heterocycles. The molecule has 1 aliphatic heterocycles. The van der Waals surface area contributed by atoms with E-state index in [1.165, 1.54) is 24.8 Å². The van der Waals surface area contributed by atoms with Gasteiger partial charge < -0.3 is 10.2 Å². The van der Waals surface area contributed by atoms with Crippen molar-refractivity contribution in [3.8, 4) is 0 Å². The number of nitrogens with one attached hydrogen (secondary N) is 1. The summed E-state index contributed by atoms with van der Waals surface area (Å²) in [5, 5.41) is 3.64. The standard InChI is InChI=1S/C20H30N2O/c1-13-8-7-10-18(15(13)3)21-16(4)20(23)22-14(2)12-17-9-5-6-11-19(17)22/h5-6,9,11,13-16,18,21H,7-8,10,12H2,1-4H3. The predicted octanol–water partition coefficient (Wildman–Crippen LogP) is 3.77. The van der Waals surface area contributed by atoms with Crippen LogP contribution in [0.2, 0.25) is 0 Å². The number of carbonyl (C=O) groups excluding carboxylic acids is 1. The monoisotopic (exact) mass is 314 g/mol. The van der Waals surface area contributed by atoms with Gasteiger partial charge in [-0.2, -0.15) is 0 Å². The highest BCUT2D eigenvalue weighted by atomic mass is 16.2. The molecule has 1 heterocycles. The second-order valence-electron chi connectivity index (χ2n) is 7.65. The maximum Gasteiger partial charge on any atom is 0.244 e. The Labute approximate surface area is 140 Å². The van der Waals surface area contributed by atoms with Gasteiger partial charge in [0.1, 0.15) is 0 Å². The molecular weight excluding hydrogens is 284 g/mol. The summed E-state index contributed by atoms with van der Waals surface area (Å²) < 4.78 is 0. The molecule has 23 heavy (non-hydrogen) atoms. The molecule has 1 aliphatic carbocycles. The van der Waals surface area contributed by atoms with E-state index < -0.39 is 0 Å². The fourth-order valence-corrected chi connectivity index (χ4v) is 4.32. The molecule has 1 amide bonds. The van der Waals surface area contributed by atoms with E-state index in [-0.39, 0.29) is 18.0 Å². The molecule has 0 radical (unpaired) electrons. The minimum atomic E-state index is -0.124. The van der Waals surface area contributed by atoms with Crippen LogP contribution in [-0.4, -0.2) is 24.0 Å². The van der Waals surface area contributed by atoms with E-state index in [1.807, 2.05) is 17.9 Å². The molecular formula is C20H30N2O. The number of benzene rings is 1. The van der Waals surface area contributed by atoms with Crippen molar-refractivity contribution in [3.63, 3.8) is 0 Å². The van der Waals surface area contributed by atoms with Crippen LogP contribution in [0.4, 0.5) is 5.69 Å². The lowest BCUT2D eigenvalue weighted by atomic mass is 9.78. The van der Waals surface area contributed by atoms with Crippen molar-refractivity contribution in [1.29, 1.82) is 0 Å². The van der Waals surface area contributed by atoms with Crippen LogP contribution in [0.25, 0.3) is 0 Å². The molecule has 1 saturated carbocycles. The van der Waals surface area contributed by atoms with Crippen molar-refractivity contribution in [2.75, 3.05) is 4.90 Å². The van der Waals surface area contributed by atoms with Crippen LogP contribution >= 0.6 is 0 Å². The smallest absolute Gasteiger partial charge is 0.244 e. The first-order valence-electron chi connectivity index (χ1n) is 9.16. The number of nitrogens with zero attached hydrogens (tertiary/aromatic N) is 1. The van der Waals surface area contributed by atoms with Crippen molar-refractivity contribution < 1.29 is 4.79 Å². The first-order valence-corrected chi connectivity index (χ1v) is 9.16. The second kappa shape index (κ2) is 6.64. The van der Waals surface area contributed by atoms with Crippen LogP contribution in [0.15, 0.2) is 24.3 Å². The normalized spacial score (nSPS) is 31.7. The minimum absolute atomic E-state index is 0.124. The molecule has 5 atom stereocenters. The van der Waals surface area contributed by atoms with Gasteiger partial charge in [-0.3, -0.25) is 4.79 Å². The third kappa shape index (κ3) is 3.16. The largest absolute Gasteiger partial charge is 0.308 e. The van der Waals surface area contributed by atoms with Crippen LogP contribution in [0, 0.1) is 11.8 Å². The summed E-state index contributed by atoms with van der Waals surface area (Å²) in [6.07, 6.45) is 4.74. The highest BCUT2D eigenvalue weighted by Gasteiger charge is 2.35. The zero-order valence-electron chi connectivity index (χ0n) is 14.9. The molecule has 0 spiro atoms. The van der Waals surface area contributed by atoms with Gasteiger partial charge in [0.05, 0.1) is 6.04 Å². The van der Waals surface area contributed by atoms with Crippen LogP contribution in [0.5, 0.6) is 0 Å². The molecule has 3 rings (SSSR count). The zero-order valence-corrected chi connectivity index (χ0v) is 14.9. The lowest BCUT2D eigenvalue weighted by molar-refractivity contribution is -0.120. The van der Waals surface area contributed by atoms with Gasteiger partial charge in [0.2, 0.25) is 5.91 Å². The molecule has 1 aromatic rings. The Bertz CT molecular complexity index is 571. The number of para-hydroxylation sites is 1. The van der Waals surface area contributed by atoms with E-state index in [0.29, 0.717) is 12.0 Å². The van der Waals surface area contributed by atoms with Gasteiger partial charge in [0, 0.05) is 17.8 Å². The molecule has 0 saturated heterocycles. The van der Waals surface area contributed by atoms with Gasteiger partial charge in [-0.05, 0) is 50.2 Å². The van der Waals surface area contributed by atoms with Crippen molar-refractivity contribution in [1.82, 2.24) is 5.32 Å². The summed E-state index contributed by atoms with van der Waals surface area (Å²) in [4.78, 5) is 15.0. The van der Waals surface area contributed by atoms with Gasteiger partial charge in [-0.1, -0.05) is 44.9 Å². The zero-order chi connectivity index (χ0) is 16.6. The van der Waals surface area contributed by atoms with Gasteiger partial charge in [-0.15, -0.1) is 0 Å². The lowest BCUT2D eigenvalue weighted by Crippen LogP contribution is -2.53.